The minimum absolute atomic E-state index is 0.291. The van der Waals surface area contributed by atoms with Gasteiger partial charge in [-0.05, 0) is 31.2 Å². The van der Waals surface area contributed by atoms with E-state index in [1.807, 2.05) is 61.5 Å². The molecule has 116 valence electrons. The number of nitrogens with one attached hydrogen (secondary N) is 2. The van der Waals surface area contributed by atoms with E-state index in [1.165, 1.54) is 0 Å². The van der Waals surface area contributed by atoms with Crippen LogP contribution < -0.4 is 15.6 Å². The number of benzene rings is 2. The molecule has 0 fully saturated rings. The number of aromatic amines is 1. The van der Waals surface area contributed by atoms with Crippen molar-refractivity contribution in [2.45, 2.75) is 6.92 Å². The van der Waals surface area contributed by atoms with Crippen LogP contribution in [0.3, 0.4) is 0 Å². The summed E-state index contributed by atoms with van der Waals surface area (Å²) in [5.74, 6) is 1.08. The molecular formula is C17H16N4O2. The Bertz CT molecular complexity index is 829. The van der Waals surface area contributed by atoms with Crippen LogP contribution in [0.1, 0.15) is 6.92 Å². The number of aromatic nitrogens is 3. The van der Waals surface area contributed by atoms with Gasteiger partial charge in [-0.1, -0.05) is 30.3 Å². The van der Waals surface area contributed by atoms with Gasteiger partial charge in [-0.25, -0.2) is 0 Å². The molecule has 0 aliphatic carbocycles. The van der Waals surface area contributed by atoms with Crippen LogP contribution in [0.2, 0.25) is 0 Å². The van der Waals surface area contributed by atoms with Gasteiger partial charge in [0.15, 0.2) is 5.69 Å². The van der Waals surface area contributed by atoms with E-state index in [0.717, 1.165) is 17.0 Å². The van der Waals surface area contributed by atoms with Crippen molar-refractivity contribution in [1.29, 1.82) is 0 Å². The molecule has 0 amide bonds. The summed E-state index contributed by atoms with van der Waals surface area (Å²) in [4.78, 5) is 14.8. The molecule has 6 heteroatoms. The number of hydrogen-bond donors (Lipinski definition) is 2. The highest BCUT2D eigenvalue weighted by Gasteiger charge is 2.07. The molecule has 0 radical (unpaired) electrons. The van der Waals surface area contributed by atoms with E-state index in [0.29, 0.717) is 18.2 Å². The maximum Gasteiger partial charge on any atom is 0.279 e. The van der Waals surface area contributed by atoms with Gasteiger partial charge in [0.1, 0.15) is 5.75 Å². The maximum atomic E-state index is 12.2. The van der Waals surface area contributed by atoms with Gasteiger partial charge in [-0.2, -0.15) is 0 Å². The Morgan fingerprint density at radius 3 is 2.43 bits per heavy atom. The van der Waals surface area contributed by atoms with Crippen LogP contribution in [0.4, 0.5) is 11.6 Å². The predicted molar refractivity (Wildman–Crippen MR) is 89.0 cm³/mol. The van der Waals surface area contributed by atoms with Crippen LogP contribution in [-0.2, 0) is 0 Å². The lowest BCUT2D eigenvalue weighted by Gasteiger charge is -2.07. The van der Waals surface area contributed by atoms with Crippen molar-refractivity contribution in [3.05, 3.63) is 65.0 Å². The van der Waals surface area contributed by atoms with Crippen molar-refractivity contribution in [3.8, 4) is 17.0 Å². The molecule has 0 saturated heterocycles. The molecule has 1 aromatic heterocycles. The van der Waals surface area contributed by atoms with E-state index in [1.54, 1.807) is 0 Å². The van der Waals surface area contributed by atoms with Crippen molar-refractivity contribution >= 4 is 11.6 Å². The smallest absolute Gasteiger partial charge is 0.279 e. The summed E-state index contributed by atoms with van der Waals surface area (Å²) in [6.45, 7) is 2.55. The van der Waals surface area contributed by atoms with E-state index in [4.69, 9.17) is 4.74 Å². The molecular weight excluding hydrogens is 292 g/mol. The maximum absolute atomic E-state index is 12.2. The zero-order valence-electron chi connectivity index (χ0n) is 12.6. The normalized spacial score (nSPS) is 10.3. The largest absolute Gasteiger partial charge is 0.494 e. The zero-order valence-corrected chi connectivity index (χ0v) is 12.6. The first-order valence-electron chi connectivity index (χ1n) is 7.28. The highest BCUT2D eigenvalue weighted by molar-refractivity contribution is 5.59. The fourth-order valence-electron chi connectivity index (χ4n) is 2.12. The Balaban J connectivity index is 1.79. The summed E-state index contributed by atoms with van der Waals surface area (Å²) < 4.78 is 5.38. The molecule has 2 aromatic carbocycles. The molecule has 0 unspecified atom stereocenters. The van der Waals surface area contributed by atoms with E-state index in [9.17, 15) is 4.79 Å². The fourth-order valence-corrected chi connectivity index (χ4v) is 2.12. The number of nitrogens with zero attached hydrogens (tertiary/aromatic N) is 2. The lowest BCUT2D eigenvalue weighted by molar-refractivity contribution is 0.340. The van der Waals surface area contributed by atoms with E-state index in [-0.39, 0.29) is 5.56 Å². The third kappa shape index (κ3) is 3.55. The van der Waals surface area contributed by atoms with Gasteiger partial charge < -0.3 is 10.1 Å². The highest BCUT2D eigenvalue weighted by Crippen LogP contribution is 2.18. The van der Waals surface area contributed by atoms with Crippen LogP contribution in [-0.4, -0.2) is 21.8 Å². The predicted octanol–water partition coefficient (Wildman–Crippen LogP) is 2.97. The molecule has 0 aliphatic rings. The molecule has 3 rings (SSSR count). The topological polar surface area (TPSA) is 79.9 Å². The Kier molecular flexibility index (Phi) is 4.33. The molecule has 6 nitrogen and oxygen atoms in total. The van der Waals surface area contributed by atoms with Gasteiger partial charge in [-0.15, -0.1) is 10.2 Å². The summed E-state index contributed by atoms with van der Waals surface area (Å²) in [6.07, 6.45) is 0. The summed E-state index contributed by atoms with van der Waals surface area (Å²) in [5, 5.41) is 11.0. The summed E-state index contributed by atoms with van der Waals surface area (Å²) in [7, 11) is 0. The van der Waals surface area contributed by atoms with Gasteiger partial charge in [0, 0.05) is 11.3 Å². The van der Waals surface area contributed by atoms with Crippen molar-refractivity contribution in [2.24, 2.45) is 0 Å². The second-order valence-electron chi connectivity index (χ2n) is 4.80. The molecule has 0 spiro atoms. The fraction of sp³-hybridized carbons (Fsp3) is 0.118. The van der Waals surface area contributed by atoms with Crippen molar-refractivity contribution < 1.29 is 4.74 Å². The molecule has 3 aromatic rings. The van der Waals surface area contributed by atoms with Crippen molar-refractivity contribution in [1.82, 2.24) is 15.2 Å². The quantitative estimate of drug-likeness (QED) is 0.757. The Labute approximate surface area is 133 Å². The molecule has 0 saturated carbocycles. The lowest BCUT2D eigenvalue weighted by Crippen LogP contribution is -2.15. The second-order valence-corrected chi connectivity index (χ2v) is 4.80. The van der Waals surface area contributed by atoms with Gasteiger partial charge in [-0.3, -0.25) is 9.78 Å². The van der Waals surface area contributed by atoms with Gasteiger partial charge in [0.05, 0.1) is 6.61 Å². The number of anilines is 2. The van der Waals surface area contributed by atoms with Crippen LogP contribution in [0, 0.1) is 0 Å². The van der Waals surface area contributed by atoms with E-state index in [2.05, 4.69) is 20.5 Å². The van der Waals surface area contributed by atoms with E-state index < -0.39 is 0 Å². The lowest BCUT2D eigenvalue weighted by atomic mass is 10.2. The van der Waals surface area contributed by atoms with Crippen LogP contribution in [0.15, 0.2) is 59.4 Å². The summed E-state index contributed by atoms with van der Waals surface area (Å²) in [6, 6.07) is 16.6. The first kappa shape index (κ1) is 14.8. The van der Waals surface area contributed by atoms with E-state index >= 15 is 0 Å². The first-order chi connectivity index (χ1) is 11.3. The molecule has 2 N–H and O–H groups in total. The Hall–Kier alpha value is -3.15. The van der Waals surface area contributed by atoms with Crippen LogP contribution in [0.5, 0.6) is 5.75 Å². The monoisotopic (exact) mass is 308 g/mol. The van der Waals surface area contributed by atoms with Crippen LogP contribution >= 0.6 is 0 Å². The SMILES string of the molecule is CCOc1ccc(Nc2nnc(-c3ccccc3)c(=O)[nH]2)cc1. The first-order valence-corrected chi connectivity index (χ1v) is 7.28. The molecule has 23 heavy (non-hydrogen) atoms. The Morgan fingerprint density at radius 1 is 1.04 bits per heavy atom. The Morgan fingerprint density at radius 2 is 1.78 bits per heavy atom. The molecule has 1 heterocycles. The summed E-state index contributed by atoms with van der Waals surface area (Å²) in [5.41, 5.74) is 1.52. The number of hydrogen-bond acceptors (Lipinski definition) is 5. The highest BCUT2D eigenvalue weighted by atomic mass is 16.5. The standard InChI is InChI=1S/C17H16N4O2/c1-2-23-14-10-8-13(9-11-14)18-17-19-16(22)15(20-21-17)12-6-4-3-5-7-12/h3-11H,2H2,1H3,(H2,18,19,21,22). The molecule has 0 atom stereocenters. The van der Waals surface area contributed by atoms with Gasteiger partial charge in [0.25, 0.3) is 5.56 Å². The molecule has 0 aliphatic heterocycles. The zero-order chi connectivity index (χ0) is 16.1. The minimum Gasteiger partial charge on any atom is -0.494 e. The second kappa shape index (κ2) is 6.74. The average molecular weight is 308 g/mol. The third-order valence-electron chi connectivity index (χ3n) is 3.17. The summed E-state index contributed by atoms with van der Waals surface area (Å²) >= 11 is 0. The minimum atomic E-state index is -0.292. The average Bonchev–Trinajstić information content (AvgIpc) is 2.58. The molecule has 0 bridgehead atoms. The van der Waals surface area contributed by atoms with Crippen molar-refractivity contribution in [2.75, 3.05) is 11.9 Å². The van der Waals surface area contributed by atoms with Gasteiger partial charge >= 0.3 is 0 Å². The van der Waals surface area contributed by atoms with Gasteiger partial charge in [0.2, 0.25) is 5.95 Å². The van der Waals surface area contributed by atoms with Crippen molar-refractivity contribution in [3.63, 3.8) is 0 Å². The number of rotatable bonds is 5. The number of ether oxygens (including phenoxy) is 1. The number of H-pyrrole nitrogens is 1. The third-order valence-corrected chi connectivity index (χ3v) is 3.17. The van der Waals surface area contributed by atoms with Crippen LogP contribution in [0.25, 0.3) is 11.3 Å².